The monoisotopic (exact) mass is 262 g/mol. The molecule has 0 fully saturated rings. The molecule has 18 heavy (non-hydrogen) atoms. The lowest BCUT2D eigenvalue weighted by atomic mass is 9.98. The van der Waals surface area contributed by atoms with Crippen LogP contribution in [0.4, 0.5) is 4.39 Å². The van der Waals surface area contributed by atoms with Gasteiger partial charge in [-0.3, -0.25) is 0 Å². The van der Waals surface area contributed by atoms with Crippen molar-refractivity contribution in [3.63, 3.8) is 0 Å². The highest BCUT2D eigenvalue weighted by Crippen LogP contribution is 2.28. The van der Waals surface area contributed by atoms with E-state index in [0.29, 0.717) is 6.42 Å². The second-order valence-corrected chi connectivity index (χ2v) is 4.88. The first-order chi connectivity index (χ1) is 8.70. The lowest BCUT2D eigenvalue weighted by Crippen LogP contribution is -2.00. The Morgan fingerprint density at radius 3 is 2.61 bits per heavy atom. The molecule has 0 aliphatic heterocycles. The van der Waals surface area contributed by atoms with Gasteiger partial charge in [0.25, 0.3) is 0 Å². The molecule has 1 atom stereocenters. The summed E-state index contributed by atoms with van der Waals surface area (Å²) in [5.41, 5.74) is 3.33. The minimum absolute atomic E-state index is 0.108. The lowest BCUT2D eigenvalue weighted by molar-refractivity contribution is 0.625. The fourth-order valence-corrected chi connectivity index (χ4v) is 2.53. The van der Waals surface area contributed by atoms with E-state index in [1.165, 1.54) is 11.6 Å². The van der Waals surface area contributed by atoms with Gasteiger partial charge in [0.2, 0.25) is 0 Å². The van der Waals surface area contributed by atoms with Crippen LogP contribution in [0.1, 0.15) is 29.0 Å². The van der Waals surface area contributed by atoms with Gasteiger partial charge in [0, 0.05) is 0 Å². The van der Waals surface area contributed by atoms with E-state index in [2.05, 4.69) is 19.1 Å². The van der Waals surface area contributed by atoms with Crippen molar-refractivity contribution >= 4 is 11.6 Å². The van der Waals surface area contributed by atoms with Crippen molar-refractivity contribution in [2.24, 2.45) is 0 Å². The normalized spacial score (nSPS) is 12.4. The van der Waals surface area contributed by atoms with Crippen LogP contribution in [-0.4, -0.2) is 0 Å². The molecule has 0 bridgehead atoms. The van der Waals surface area contributed by atoms with Gasteiger partial charge in [-0.25, -0.2) is 4.39 Å². The van der Waals surface area contributed by atoms with Crippen molar-refractivity contribution in [2.45, 2.75) is 25.1 Å². The number of rotatable bonds is 4. The van der Waals surface area contributed by atoms with E-state index in [1.807, 2.05) is 18.2 Å². The Labute approximate surface area is 112 Å². The second-order valence-electron chi connectivity index (χ2n) is 4.35. The van der Waals surface area contributed by atoms with Gasteiger partial charge in [-0.2, -0.15) is 0 Å². The molecule has 0 amide bonds. The zero-order chi connectivity index (χ0) is 13.0. The van der Waals surface area contributed by atoms with E-state index < -0.39 is 0 Å². The van der Waals surface area contributed by atoms with Crippen molar-refractivity contribution in [2.75, 3.05) is 0 Å². The molecule has 0 aromatic heterocycles. The highest BCUT2D eigenvalue weighted by atomic mass is 35.5. The van der Waals surface area contributed by atoms with Crippen molar-refractivity contribution in [3.05, 3.63) is 71.0 Å². The van der Waals surface area contributed by atoms with Crippen LogP contribution in [0.15, 0.2) is 48.5 Å². The first-order valence-corrected chi connectivity index (χ1v) is 6.60. The molecule has 0 nitrogen and oxygen atoms in total. The maximum Gasteiger partial charge on any atom is 0.123 e. The third kappa shape index (κ3) is 3.11. The zero-order valence-electron chi connectivity index (χ0n) is 10.4. The summed E-state index contributed by atoms with van der Waals surface area (Å²) >= 11 is 6.45. The van der Waals surface area contributed by atoms with Crippen LogP contribution in [-0.2, 0) is 12.8 Å². The Morgan fingerprint density at radius 2 is 1.89 bits per heavy atom. The van der Waals surface area contributed by atoms with Crippen molar-refractivity contribution in [1.82, 2.24) is 0 Å². The van der Waals surface area contributed by atoms with Gasteiger partial charge in [-0.05, 0) is 41.7 Å². The highest BCUT2D eigenvalue weighted by molar-refractivity contribution is 6.21. The minimum Gasteiger partial charge on any atom is -0.207 e. The predicted molar refractivity (Wildman–Crippen MR) is 74.5 cm³/mol. The number of benzene rings is 2. The zero-order valence-corrected chi connectivity index (χ0v) is 11.1. The van der Waals surface area contributed by atoms with Gasteiger partial charge in [-0.1, -0.05) is 43.3 Å². The predicted octanol–water partition coefficient (Wildman–Crippen LogP) is 4.91. The van der Waals surface area contributed by atoms with Crippen LogP contribution in [0.25, 0.3) is 0 Å². The molecule has 0 saturated heterocycles. The first kappa shape index (κ1) is 13.1. The van der Waals surface area contributed by atoms with Crippen LogP contribution in [0.3, 0.4) is 0 Å². The molecule has 0 heterocycles. The highest BCUT2D eigenvalue weighted by Gasteiger charge is 2.12. The van der Waals surface area contributed by atoms with Crippen LogP contribution in [0.2, 0.25) is 0 Å². The first-order valence-electron chi connectivity index (χ1n) is 6.17. The van der Waals surface area contributed by atoms with E-state index in [0.717, 1.165) is 17.5 Å². The molecule has 2 heteroatoms. The van der Waals surface area contributed by atoms with E-state index >= 15 is 0 Å². The van der Waals surface area contributed by atoms with Gasteiger partial charge in [0.1, 0.15) is 5.82 Å². The van der Waals surface area contributed by atoms with Gasteiger partial charge < -0.3 is 0 Å². The van der Waals surface area contributed by atoms with Gasteiger partial charge in [-0.15, -0.1) is 11.6 Å². The van der Waals surface area contributed by atoms with Crippen molar-refractivity contribution in [3.8, 4) is 0 Å². The maximum absolute atomic E-state index is 13.1. The summed E-state index contributed by atoms with van der Waals surface area (Å²) in [6.07, 6.45) is 1.61. The fraction of sp³-hybridized carbons (Fsp3) is 0.250. The van der Waals surface area contributed by atoms with E-state index in [-0.39, 0.29) is 11.2 Å². The Morgan fingerprint density at radius 1 is 1.11 bits per heavy atom. The van der Waals surface area contributed by atoms with Crippen molar-refractivity contribution in [1.29, 1.82) is 0 Å². The number of hydrogen-bond donors (Lipinski definition) is 0. The van der Waals surface area contributed by atoms with E-state index in [4.69, 9.17) is 11.6 Å². The summed E-state index contributed by atoms with van der Waals surface area (Å²) in [6.45, 7) is 2.12. The molecule has 0 saturated carbocycles. The third-order valence-electron chi connectivity index (χ3n) is 3.08. The molecule has 0 spiro atoms. The van der Waals surface area contributed by atoms with Gasteiger partial charge >= 0.3 is 0 Å². The summed E-state index contributed by atoms with van der Waals surface area (Å²) in [5.74, 6) is -0.208. The molecule has 1 unspecified atom stereocenters. The Bertz CT molecular complexity index is 522. The van der Waals surface area contributed by atoms with Crippen molar-refractivity contribution < 1.29 is 4.39 Å². The molecular formula is C16H16ClF. The summed E-state index contributed by atoms with van der Waals surface area (Å²) in [5, 5.41) is -0.108. The lowest BCUT2D eigenvalue weighted by Gasteiger charge is -2.14. The molecule has 0 radical (unpaired) electrons. The van der Waals surface area contributed by atoms with Crippen LogP contribution in [0.5, 0.6) is 0 Å². The number of aryl methyl sites for hydroxylation is 1. The van der Waals surface area contributed by atoms with E-state index in [9.17, 15) is 4.39 Å². The Hall–Kier alpha value is -1.34. The largest absolute Gasteiger partial charge is 0.207 e. The summed E-state index contributed by atoms with van der Waals surface area (Å²) in [7, 11) is 0. The Balaban J connectivity index is 2.19. The molecule has 2 aromatic carbocycles. The second kappa shape index (κ2) is 6.01. The summed E-state index contributed by atoms with van der Waals surface area (Å²) in [6, 6.07) is 14.8. The SMILES string of the molecule is CCc1ccccc1C(Cl)Cc1cccc(F)c1. The van der Waals surface area contributed by atoms with Gasteiger partial charge in [0.05, 0.1) is 5.38 Å². The van der Waals surface area contributed by atoms with Crippen LogP contribution < -0.4 is 0 Å². The average molecular weight is 263 g/mol. The summed E-state index contributed by atoms with van der Waals surface area (Å²) in [4.78, 5) is 0. The number of alkyl halides is 1. The van der Waals surface area contributed by atoms with Crippen LogP contribution >= 0.6 is 11.6 Å². The summed E-state index contributed by atoms with van der Waals surface area (Å²) < 4.78 is 13.1. The fourth-order valence-electron chi connectivity index (χ4n) is 2.14. The molecule has 0 aliphatic rings. The third-order valence-corrected chi connectivity index (χ3v) is 3.47. The van der Waals surface area contributed by atoms with E-state index in [1.54, 1.807) is 12.1 Å². The molecule has 0 N–H and O–H groups in total. The standard InChI is InChI=1S/C16H16ClF/c1-2-13-7-3-4-9-15(13)16(17)11-12-6-5-8-14(18)10-12/h3-10,16H,2,11H2,1H3. The number of hydrogen-bond acceptors (Lipinski definition) is 0. The quantitative estimate of drug-likeness (QED) is 0.687. The average Bonchev–Trinajstić information content (AvgIpc) is 2.38. The molecular weight excluding hydrogens is 247 g/mol. The molecule has 94 valence electrons. The maximum atomic E-state index is 13.1. The minimum atomic E-state index is -0.208. The molecule has 2 rings (SSSR count). The smallest absolute Gasteiger partial charge is 0.123 e. The molecule has 2 aromatic rings. The number of halogens is 2. The van der Waals surface area contributed by atoms with Crippen LogP contribution in [0, 0.1) is 5.82 Å². The Kier molecular flexibility index (Phi) is 4.38. The molecule has 0 aliphatic carbocycles. The topological polar surface area (TPSA) is 0 Å². The van der Waals surface area contributed by atoms with Gasteiger partial charge in [0.15, 0.2) is 0 Å².